The first-order valence-corrected chi connectivity index (χ1v) is 6.94. The first-order valence-electron chi connectivity index (χ1n) is 6.56. The van der Waals surface area contributed by atoms with Gasteiger partial charge in [0.1, 0.15) is 0 Å². The molecule has 0 amide bonds. The monoisotopic (exact) mass is 274 g/mol. The summed E-state index contributed by atoms with van der Waals surface area (Å²) in [6, 6.07) is 11.5. The summed E-state index contributed by atoms with van der Waals surface area (Å²) in [5.41, 5.74) is 0.784. The van der Waals surface area contributed by atoms with E-state index in [1.165, 1.54) is 0 Å². The second-order valence-electron chi connectivity index (χ2n) is 4.89. The normalized spacial score (nSPS) is 16.7. The summed E-state index contributed by atoms with van der Waals surface area (Å²) < 4.78 is 5.32. The molecule has 1 aliphatic rings. The second-order valence-corrected chi connectivity index (χ2v) is 5.30. The topological polar surface area (TPSA) is 26.3 Å². The Bertz CT molecular complexity index is 615. The smallest absolute Gasteiger partial charge is 0.166 e. The van der Waals surface area contributed by atoms with Gasteiger partial charge >= 0.3 is 0 Å². The summed E-state index contributed by atoms with van der Waals surface area (Å²) in [6.45, 7) is 1.36. The highest BCUT2D eigenvalue weighted by molar-refractivity contribution is 6.36. The third kappa shape index (κ3) is 2.38. The highest BCUT2D eigenvalue weighted by Crippen LogP contribution is 2.29. The predicted molar refractivity (Wildman–Crippen MR) is 76.8 cm³/mol. The molecule has 2 aromatic rings. The van der Waals surface area contributed by atoms with Crippen molar-refractivity contribution in [2.45, 2.75) is 12.8 Å². The van der Waals surface area contributed by atoms with Crippen molar-refractivity contribution in [1.82, 2.24) is 0 Å². The summed E-state index contributed by atoms with van der Waals surface area (Å²) in [5, 5.41) is 2.59. The molecule has 3 rings (SSSR count). The van der Waals surface area contributed by atoms with Crippen LogP contribution in [-0.2, 0) is 4.74 Å². The molecule has 0 saturated carbocycles. The van der Waals surface area contributed by atoms with Crippen LogP contribution >= 0.6 is 11.6 Å². The van der Waals surface area contributed by atoms with Crippen molar-refractivity contribution in [2.24, 2.45) is 5.92 Å². The molecule has 1 heterocycles. The molecular formula is C16H15ClO2. The fourth-order valence-corrected chi connectivity index (χ4v) is 2.88. The van der Waals surface area contributed by atoms with Gasteiger partial charge in [-0.05, 0) is 30.4 Å². The minimum Gasteiger partial charge on any atom is -0.381 e. The number of benzene rings is 2. The molecule has 0 radical (unpaired) electrons. The zero-order valence-corrected chi connectivity index (χ0v) is 11.3. The number of carbonyl (C=O) groups is 1. The number of ketones is 1. The molecule has 0 spiro atoms. The Balaban J connectivity index is 2.05. The fourth-order valence-electron chi connectivity index (χ4n) is 2.66. The van der Waals surface area contributed by atoms with Crippen LogP contribution in [0.1, 0.15) is 23.2 Å². The zero-order valence-electron chi connectivity index (χ0n) is 10.6. The first-order chi connectivity index (χ1) is 9.27. The molecule has 2 nitrogen and oxygen atoms in total. The van der Waals surface area contributed by atoms with E-state index in [0.717, 1.165) is 29.2 Å². The molecule has 19 heavy (non-hydrogen) atoms. The van der Waals surface area contributed by atoms with E-state index < -0.39 is 0 Å². The Morgan fingerprint density at radius 2 is 1.74 bits per heavy atom. The average Bonchev–Trinajstić information content (AvgIpc) is 2.48. The molecular weight excluding hydrogens is 260 g/mol. The van der Waals surface area contributed by atoms with E-state index in [1.54, 1.807) is 0 Å². The van der Waals surface area contributed by atoms with Crippen LogP contribution in [0.2, 0.25) is 5.02 Å². The van der Waals surface area contributed by atoms with Gasteiger partial charge in [0.15, 0.2) is 5.78 Å². The number of hydrogen-bond donors (Lipinski definition) is 0. The van der Waals surface area contributed by atoms with Gasteiger partial charge in [0.2, 0.25) is 0 Å². The van der Waals surface area contributed by atoms with E-state index in [4.69, 9.17) is 16.3 Å². The van der Waals surface area contributed by atoms with Gasteiger partial charge < -0.3 is 4.74 Å². The highest BCUT2D eigenvalue weighted by Gasteiger charge is 2.24. The number of fused-ring (bicyclic) bond motifs is 1. The highest BCUT2D eigenvalue weighted by atomic mass is 35.5. The Morgan fingerprint density at radius 3 is 2.47 bits per heavy atom. The Hall–Kier alpha value is -1.38. The van der Waals surface area contributed by atoms with Crippen molar-refractivity contribution in [3.05, 3.63) is 47.0 Å². The van der Waals surface area contributed by atoms with Crippen LogP contribution in [0, 0.1) is 5.92 Å². The van der Waals surface area contributed by atoms with Gasteiger partial charge in [-0.2, -0.15) is 0 Å². The van der Waals surface area contributed by atoms with E-state index in [9.17, 15) is 4.79 Å². The molecule has 0 N–H and O–H groups in total. The van der Waals surface area contributed by atoms with Crippen LogP contribution in [0.4, 0.5) is 0 Å². The third-order valence-electron chi connectivity index (χ3n) is 3.73. The number of halogens is 1. The van der Waals surface area contributed by atoms with E-state index in [0.29, 0.717) is 18.2 Å². The summed E-state index contributed by atoms with van der Waals surface area (Å²) in [7, 11) is 0. The van der Waals surface area contributed by atoms with Crippen molar-refractivity contribution in [2.75, 3.05) is 13.2 Å². The summed E-state index contributed by atoms with van der Waals surface area (Å²) in [4.78, 5) is 12.6. The standard InChI is InChI=1S/C16H15ClO2/c17-15-6-5-14(12-3-1-2-4-13(12)15)16(18)11-7-9-19-10-8-11/h1-6,11H,7-10H2. The molecule has 0 atom stereocenters. The number of hydrogen-bond acceptors (Lipinski definition) is 2. The van der Waals surface area contributed by atoms with Crippen LogP contribution in [0.15, 0.2) is 36.4 Å². The summed E-state index contributed by atoms with van der Waals surface area (Å²) in [5.74, 6) is 0.300. The molecule has 3 heteroatoms. The molecule has 1 fully saturated rings. The number of Topliss-reactive ketones (excluding diaryl/α,β-unsaturated/α-hetero) is 1. The van der Waals surface area contributed by atoms with Crippen LogP contribution in [0.3, 0.4) is 0 Å². The van der Waals surface area contributed by atoms with Crippen LogP contribution < -0.4 is 0 Å². The SMILES string of the molecule is O=C(c1ccc(Cl)c2ccccc12)C1CCOCC1. The first kappa shape index (κ1) is 12.6. The van der Waals surface area contributed by atoms with Crippen LogP contribution in [-0.4, -0.2) is 19.0 Å². The Labute approximate surface area is 117 Å². The number of ether oxygens (including phenoxy) is 1. The fraction of sp³-hybridized carbons (Fsp3) is 0.312. The van der Waals surface area contributed by atoms with Gasteiger partial charge in [-0.25, -0.2) is 0 Å². The number of rotatable bonds is 2. The Morgan fingerprint density at radius 1 is 1.05 bits per heavy atom. The lowest BCUT2D eigenvalue weighted by molar-refractivity contribution is 0.0546. The van der Waals surface area contributed by atoms with Crippen molar-refractivity contribution < 1.29 is 9.53 Å². The van der Waals surface area contributed by atoms with Crippen molar-refractivity contribution in [1.29, 1.82) is 0 Å². The lowest BCUT2D eigenvalue weighted by Crippen LogP contribution is -2.23. The van der Waals surface area contributed by atoms with E-state index in [-0.39, 0.29) is 11.7 Å². The van der Waals surface area contributed by atoms with Gasteiger partial charge in [-0.1, -0.05) is 35.9 Å². The van der Waals surface area contributed by atoms with Crippen molar-refractivity contribution in [3.63, 3.8) is 0 Å². The van der Waals surface area contributed by atoms with Gasteiger partial charge in [0, 0.05) is 35.1 Å². The zero-order chi connectivity index (χ0) is 13.2. The lowest BCUT2D eigenvalue weighted by Gasteiger charge is -2.21. The summed E-state index contributed by atoms with van der Waals surface area (Å²) in [6.07, 6.45) is 1.63. The molecule has 98 valence electrons. The average molecular weight is 275 g/mol. The van der Waals surface area contributed by atoms with Gasteiger partial charge in [-0.15, -0.1) is 0 Å². The molecule has 1 saturated heterocycles. The maximum absolute atomic E-state index is 12.6. The molecule has 1 aliphatic heterocycles. The maximum atomic E-state index is 12.6. The second kappa shape index (κ2) is 5.32. The molecule has 2 aromatic carbocycles. The van der Waals surface area contributed by atoms with E-state index in [1.807, 2.05) is 36.4 Å². The third-order valence-corrected chi connectivity index (χ3v) is 4.06. The van der Waals surface area contributed by atoms with Gasteiger partial charge in [0.05, 0.1) is 0 Å². The van der Waals surface area contributed by atoms with Gasteiger partial charge in [-0.3, -0.25) is 4.79 Å². The van der Waals surface area contributed by atoms with Crippen molar-refractivity contribution in [3.8, 4) is 0 Å². The molecule has 0 bridgehead atoms. The van der Waals surface area contributed by atoms with Crippen molar-refractivity contribution >= 4 is 28.2 Å². The lowest BCUT2D eigenvalue weighted by atomic mass is 9.88. The number of carbonyl (C=O) groups excluding carboxylic acids is 1. The van der Waals surface area contributed by atoms with Crippen LogP contribution in [0.5, 0.6) is 0 Å². The molecule has 0 aliphatic carbocycles. The minimum absolute atomic E-state index is 0.0818. The molecule has 0 aromatic heterocycles. The Kier molecular flexibility index (Phi) is 3.54. The predicted octanol–water partition coefficient (Wildman–Crippen LogP) is 4.10. The van der Waals surface area contributed by atoms with E-state index in [2.05, 4.69) is 0 Å². The van der Waals surface area contributed by atoms with Crippen LogP contribution in [0.25, 0.3) is 10.8 Å². The minimum atomic E-state index is 0.0818. The summed E-state index contributed by atoms with van der Waals surface area (Å²) >= 11 is 6.19. The quantitative estimate of drug-likeness (QED) is 0.771. The molecule has 0 unspecified atom stereocenters. The maximum Gasteiger partial charge on any atom is 0.166 e. The largest absolute Gasteiger partial charge is 0.381 e. The van der Waals surface area contributed by atoms with E-state index >= 15 is 0 Å². The van der Waals surface area contributed by atoms with Gasteiger partial charge in [0.25, 0.3) is 0 Å².